The van der Waals surface area contributed by atoms with E-state index in [1.165, 1.54) is 12.1 Å². The van der Waals surface area contributed by atoms with Gasteiger partial charge in [-0.05, 0) is 19.1 Å². The molecule has 0 aromatic heterocycles. The molecule has 6 nitrogen and oxygen atoms in total. The Labute approximate surface area is 97.4 Å². The average molecular weight is 258 g/mol. The van der Waals surface area contributed by atoms with Crippen LogP contribution in [0.1, 0.15) is 17.3 Å². The third kappa shape index (κ3) is 2.44. The number of benzene rings is 1. The molecule has 17 heavy (non-hydrogen) atoms. The first-order valence-corrected chi connectivity index (χ1v) is 6.12. The van der Waals surface area contributed by atoms with Crippen molar-refractivity contribution in [3.8, 4) is 0 Å². The van der Waals surface area contributed by atoms with Crippen molar-refractivity contribution in [2.45, 2.75) is 17.1 Å². The van der Waals surface area contributed by atoms with Crippen molar-refractivity contribution in [2.24, 2.45) is 0 Å². The molecule has 0 radical (unpaired) electrons. The maximum Gasteiger partial charge on any atom is 0.337 e. The fourth-order valence-corrected chi connectivity index (χ4v) is 2.59. The lowest BCUT2D eigenvalue weighted by atomic mass is 10.2. The molecule has 0 saturated heterocycles. The van der Waals surface area contributed by atoms with Crippen LogP contribution in [0.15, 0.2) is 29.2 Å². The van der Waals surface area contributed by atoms with Gasteiger partial charge in [0.15, 0.2) is 15.1 Å². The molecule has 92 valence electrons. The van der Waals surface area contributed by atoms with E-state index >= 15 is 0 Å². The number of sulfone groups is 1. The molecule has 0 fully saturated rings. The number of aromatic carboxylic acids is 1. The van der Waals surface area contributed by atoms with E-state index in [0.717, 1.165) is 19.1 Å². The maximum atomic E-state index is 11.9. The molecular weight excluding hydrogens is 248 g/mol. The van der Waals surface area contributed by atoms with Gasteiger partial charge < -0.3 is 10.2 Å². The van der Waals surface area contributed by atoms with Gasteiger partial charge >= 0.3 is 11.9 Å². The molecule has 1 rings (SSSR count). The number of carboxylic acid groups (broad SMARTS) is 2. The maximum absolute atomic E-state index is 11.9. The summed E-state index contributed by atoms with van der Waals surface area (Å²) in [6, 6.07) is 4.91. The van der Waals surface area contributed by atoms with E-state index in [1.54, 1.807) is 0 Å². The van der Waals surface area contributed by atoms with Crippen LogP contribution in [0.3, 0.4) is 0 Å². The lowest BCUT2D eigenvalue weighted by molar-refractivity contribution is -0.136. The number of hydrogen-bond donors (Lipinski definition) is 2. The summed E-state index contributed by atoms with van der Waals surface area (Å²) in [6.07, 6.45) is 0. The van der Waals surface area contributed by atoms with Gasteiger partial charge in [0.2, 0.25) is 0 Å². The minimum Gasteiger partial charge on any atom is -0.480 e. The van der Waals surface area contributed by atoms with Crippen LogP contribution in [0.2, 0.25) is 0 Å². The van der Waals surface area contributed by atoms with Crippen molar-refractivity contribution < 1.29 is 28.2 Å². The monoisotopic (exact) mass is 258 g/mol. The molecule has 0 amide bonds. The van der Waals surface area contributed by atoms with Crippen molar-refractivity contribution in [3.05, 3.63) is 29.8 Å². The number of aliphatic carboxylic acids is 1. The topological polar surface area (TPSA) is 109 Å². The van der Waals surface area contributed by atoms with Crippen LogP contribution in [-0.4, -0.2) is 35.8 Å². The van der Waals surface area contributed by atoms with Gasteiger partial charge in [-0.3, -0.25) is 4.79 Å². The van der Waals surface area contributed by atoms with Crippen molar-refractivity contribution in [2.75, 3.05) is 0 Å². The minimum atomic E-state index is -4.19. The van der Waals surface area contributed by atoms with E-state index in [4.69, 9.17) is 10.2 Å². The summed E-state index contributed by atoms with van der Waals surface area (Å²) in [4.78, 5) is 21.0. The van der Waals surface area contributed by atoms with E-state index in [9.17, 15) is 18.0 Å². The first kappa shape index (κ1) is 13.2. The quantitative estimate of drug-likeness (QED) is 0.819. The molecule has 0 aliphatic carbocycles. The fraction of sp³-hybridized carbons (Fsp3) is 0.200. The normalized spacial score (nSPS) is 13.0. The summed E-state index contributed by atoms with van der Waals surface area (Å²) < 4.78 is 23.7. The third-order valence-corrected chi connectivity index (χ3v) is 4.34. The van der Waals surface area contributed by atoms with Gasteiger partial charge in [0.1, 0.15) is 0 Å². The highest BCUT2D eigenvalue weighted by Gasteiger charge is 2.32. The van der Waals surface area contributed by atoms with Crippen LogP contribution in [0.4, 0.5) is 0 Å². The molecular formula is C10H10O6S. The zero-order chi connectivity index (χ0) is 13.2. The lowest BCUT2D eigenvalue weighted by Gasteiger charge is -2.10. The molecule has 1 aromatic carbocycles. The Morgan fingerprint density at radius 1 is 1.18 bits per heavy atom. The van der Waals surface area contributed by atoms with Gasteiger partial charge in [-0.2, -0.15) is 0 Å². The number of rotatable bonds is 4. The summed E-state index contributed by atoms with van der Waals surface area (Å²) in [7, 11) is -4.19. The molecule has 2 N–H and O–H groups in total. The molecule has 7 heteroatoms. The van der Waals surface area contributed by atoms with Crippen LogP contribution in [0.5, 0.6) is 0 Å². The summed E-state index contributed by atoms with van der Waals surface area (Å²) >= 11 is 0. The zero-order valence-electron chi connectivity index (χ0n) is 8.82. The van der Waals surface area contributed by atoms with E-state index < -0.39 is 37.5 Å². The van der Waals surface area contributed by atoms with Gasteiger partial charge in [0.25, 0.3) is 0 Å². The number of hydrogen-bond acceptors (Lipinski definition) is 4. The molecule has 1 aromatic rings. The Morgan fingerprint density at radius 2 is 1.71 bits per heavy atom. The number of carbonyl (C=O) groups is 2. The Morgan fingerprint density at radius 3 is 2.18 bits per heavy atom. The standard InChI is InChI=1S/C10H10O6S/c1-6(9(11)12)17(15,16)8-5-3-2-4-7(8)10(13)14/h2-6H,1H3,(H,11,12)(H,13,14). The summed E-state index contributed by atoms with van der Waals surface area (Å²) in [6.45, 7) is 0.996. The first-order chi connectivity index (χ1) is 7.78. The molecule has 1 unspecified atom stereocenters. The average Bonchev–Trinajstić information content (AvgIpc) is 2.27. The SMILES string of the molecule is CC(C(=O)O)S(=O)(=O)c1ccccc1C(=O)O. The molecule has 0 aliphatic heterocycles. The van der Waals surface area contributed by atoms with Gasteiger partial charge in [0, 0.05) is 0 Å². The zero-order valence-corrected chi connectivity index (χ0v) is 9.64. The second-order valence-corrected chi connectivity index (χ2v) is 5.56. The lowest BCUT2D eigenvalue weighted by Crippen LogP contribution is -2.28. The van der Waals surface area contributed by atoms with Crippen molar-refractivity contribution in [1.82, 2.24) is 0 Å². The minimum absolute atomic E-state index is 0.430. The van der Waals surface area contributed by atoms with E-state index in [0.29, 0.717) is 0 Å². The van der Waals surface area contributed by atoms with Gasteiger partial charge in [0.05, 0.1) is 10.5 Å². The van der Waals surface area contributed by atoms with Crippen molar-refractivity contribution >= 4 is 21.8 Å². The van der Waals surface area contributed by atoms with E-state index in [1.807, 2.05) is 0 Å². The van der Waals surface area contributed by atoms with Crippen molar-refractivity contribution in [1.29, 1.82) is 0 Å². The Bertz CT molecular complexity index is 560. The molecule has 0 heterocycles. The largest absolute Gasteiger partial charge is 0.480 e. The third-order valence-electron chi connectivity index (χ3n) is 2.24. The van der Waals surface area contributed by atoms with Crippen LogP contribution >= 0.6 is 0 Å². The molecule has 0 aliphatic rings. The molecule has 0 spiro atoms. The van der Waals surface area contributed by atoms with Gasteiger partial charge in [-0.15, -0.1) is 0 Å². The predicted molar refractivity (Wildman–Crippen MR) is 57.7 cm³/mol. The molecule has 0 saturated carbocycles. The van der Waals surface area contributed by atoms with Gasteiger partial charge in [-0.25, -0.2) is 13.2 Å². The van der Waals surface area contributed by atoms with E-state index in [2.05, 4.69) is 0 Å². The number of carboxylic acids is 2. The predicted octanol–water partition coefficient (Wildman–Crippen LogP) is 0.632. The highest BCUT2D eigenvalue weighted by Crippen LogP contribution is 2.20. The smallest absolute Gasteiger partial charge is 0.337 e. The highest BCUT2D eigenvalue weighted by atomic mass is 32.2. The van der Waals surface area contributed by atoms with Crippen LogP contribution in [-0.2, 0) is 14.6 Å². The second-order valence-electron chi connectivity index (χ2n) is 3.33. The molecule has 1 atom stereocenters. The van der Waals surface area contributed by atoms with Crippen LogP contribution in [0.25, 0.3) is 0 Å². The Kier molecular flexibility index (Phi) is 3.52. The highest BCUT2D eigenvalue weighted by molar-refractivity contribution is 7.92. The Hall–Kier alpha value is -1.89. The van der Waals surface area contributed by atoms with E-state index in [-0.39, 0.29) is 0 Å². The van der Waals surface area contributed by atoms with Gasteiger partial charge in [-0.1, -0.05) is 12.1 Å². The summed E-state index contributed by atoms with van der Waals surface area (Å²) in [5, 5.41) is 15.8. The summed E-state index contributed by atoms with van der Waals surface area (Å²) in [5.41, 5.74) is -0.430. The molecule has 0 bridgehead atoms. The van der Waals surface area contributed by atoms with Crippen molar-refractivity contribution in [3.63, 3.8) is 0 Å². The van der Waals surface area contributed by atoms with Crippen LogP contribution in [0, 0.1) is 0 Å². The summed E-state index contributed by atoms with van der Waals surface area (Å²) in [5.74, 6) is -2.94. The second kappa shape index (κ2) is 4.54. The first-order valence-electron chi connectivity index (χ1n) is 4.57. The Balaban J connectivity index is 3.44. The fourth-order valence-electron chi connectivity index (χ4n) is 1.21. The van der Waals surface area contributed by atoms with Crippen LogP contribution < -0.4 is 0 Å².